The molecule has 1 aromatic heterocycles. The fraction of sp³-hybridized carbons (Fsp3) is 0.706. The van der Waals surface area contributed by atoms with E-state index in [1.54, 1.807) is 18.7 Å². The highest BCUT2D eigenvalue weighted by atomic mass is 16.5. The van der Waals surface area contributed by atoms with Crippen LogP contribution in [0, 0.1) is 13.8 Å². The Labute approximate surface area is 142 Å². The van der Waals surface area contributed by atoms with Gasteiger partial charge in [0.05, 0.1) is 5.69 Å². The number of likely N-dealkylation sites (tertiary alicyclic amines) is 1. The summed E-state index contributed by atoms with van der Waals surface area (Å²) in [5, 5.41) is 3.90. The summed E-state index contributed by atoms with van der Waals surface area (Å²) in [4.78, 5) is 31.1. The number of carbonyl (C=O) groups excluding carboxylic acids is 2. The number of amides is 2. The predicted octanol–water partition coefficient (Wildman–Crippen LogP) is 1.06. The second kappa shape index (κ2) is 6.20. The van der Waals surface area contributed by atoms with Crippen molar-refractivity contribution in [3.63, 3.8) is 0 Å². The second-order valence-corrected chi connectivity index (χ2v) is 7.14. The molecule has 0 N–H and O–H groups in total. The summed E-state index contributed by atoms with van der Waals surface area (Å²) in [5.74, 6) is 0.748. The van der Waals surface area contributed by atoms with E-state index >= 15 is 0 Å². The molecule has 1 aromatic rings. The predicted molar refractivity (Wildman–Crippen MR) is 88.7 cm³/mol. The van der Waals surface area contributed by atoms with Crippen LogP contribution in [0.25, 0.3) is 0 Å². The van der Waals surface area contributed by atoms with E-state index in [2.05, 4.69) is 17.1 Å². The van der Waals surface area contributed by atoms with Crippen LogP contribution in [0.4, 0.5) is 0 Å². The maximum Gasteiger partial charge on any atom is 0.259 e. The van der Waals surface area contributed by atoms with Gasteiger partial charge in [-0.3, -0.25) is 14.5 Å². The first-order valence-electron chi connectivity index (χ1n) is 8.51. The zero-order valence-electron chi connectivity index (χ0n) is 15.0. The molecule has 0 bridgehead atoms. The van der Waals surface area contributed by atoms with Crippen LogP contribution in [0.15, 0.2) is 4.52 Å². The number of hydrogen-bond donors (Lipinski definition) is 0. The molecule has 7 nitrogen and oxygen atoms in total. The molecule has 0 aromatic carbocycles. The minimum atomic E-state index is -0.132. The molecule has 7 heteroatoms. The highest BCUT2D eigenvalue weighted by Crippen LogP contribution is 2.32. The van der Waals surface area contributed by atoms with Crippen LogP contribution in [0.1, 0.15) is 41.1 Å². The third kappa shape index (κ3) is 2.81. The van der Waals surface area contributed by atoms with Crippen LogP contribution < -0.4 is 0 Å². The summed E-state index contributed by atoms with van der Waals surface area (Å²) in [5.41, 5.74) is 1.09. The van der Waals surface area contributed by atoms with Gasteiger partial charge in [-0.25, -0.2) is 0 Å². The summed E-state index contributed by atoms with van der Waals surface area (Å²) >= 11 is 0. The molecule has 3 heterocycles. The second-order valence-electron chi connectivity index (χ2n) is 7.14. The molecule has 1 atom stereocenters. The van der Waals surface area contributed by atoms with Gasteiger partial charge in [-0.05, 0) is 33.7 Å². The zero-order chi connectivity index (χ0) is 17.5. The van der Waals surface area contributed by atoms with Crippen LogP contribution in [0.2, 0.25) is 0 Å². The van der Waals surface area contributed by atoms with Crippen molar-refractivity contribution >= 4 is 11.8 Å². The molecule has 2 aliphatic rings. The molecule has 0 saturated carbocycles. The van der Waals surface area contributed by atoms with Crippen molar-refractivity contribution in [1.82, 2.24) is 19.9 Å². The van der Waals surface area contributed by atoms with Gasteiger partial charge in [0.15, 0.2) is 0 Å². The normalized spacial score (nSPS) is 26.1. The summed E-state index contributed by atoms with van der Waals surface area (Å²) in [6.45, 7) is 6.45. The molecule has 132 valence electrons. The van der Waals surface area contributed by atoms with Gasteiger partial charge in [0.2, 0.25) is 5.91 Å². The van der Waals surface area contributed by atoms with E-state index in [-0.39, 0.29) is 17.4 Å². The molecule has 2 aliphatic heterocycles. The van der Waals surface area contributed by atoms with Gasteiger partial charge in [-0.2, -0.15) is 0 Å². The first-order chi connectivity index (χ1) is 11.3. The fourth-order valence-electron chi connectivity index (χ4n) is 3.88. The van der Waals surface area contributed by atoms with Gasteiger partial charge in [0, 0.05) is 45.2 Å². The third-order valence-electron chi connectivity index (χ3n) is 5.68. The summed E-state index contributed by atoms with van der Waals surface area (Å²) < 4.78 is 5.15. The minimum absolute atomic E-state index is 0.0114. The summed E-state index contributed by atoms with van der Waals surface area (Å²) in [6, 6.07) is 0. The van der Waals surface area contributed by atoms with Crippen molar-refractivity contribution in [1.29, 1.82) is 0 Å². The van der Waals surface area contributed by atoms with Gasteiger partial charge in [0.1, 0.15) is 11.3 Å². The number of carbonyl (C=O) groups is 2. The third-order valence-corrected chi connectivity index (χ3v) is 5.68. The van der Waals surface area contributed by atoms with E-state index in [0.29, 0.717) is 36.5 Å². The van der Waals surface area contributed by atoms with Crippen molar-refractivity contribution < 1.29 is 14.1 Å². The lowest BCUT2D eigenvalue weighted by molar-refractivity contribution is -0.129. The fourth-order valence-corrected chi connectivity index (χ4v) is 3.88. The highest BCUT2D eigenvalue weighted by molar-refractivity contribution is 5.96. The lowest BCUT2D eigenvalue weighted by atomic mass is 9.86. The molecule has 2 fully saturated rings. The van der Waals surface area contributed by atoms with Crippen molar-refractivity contribution in [2.45, 2.75) is 38.6 Å². The van der Waals surface area contributed by atoms with Crippen molar-refractivity contribution in [3.8, 4) is 0 Å². The van der Waals surface area contributed by atoms with E-state index in [1.807, 2.05) is 11.9 Å². The highest BCUT2D eigenvalue weighted by Gasteiger charge is 2.43. The first kappa shape index (κ1) is 17.0. The first-order valence-corrected chi connectivity index (χ1v) is 8.51. The Kier molecular flexibility index (Phi) is 4.38. The van der Waals surface area contributed by atoms with E-state index < -0.39 is 0 Å². The van der Waals surface area contributed by atoms with E-state index in [9.17, 15) is 9.59 Å². The van der Waals surface area contributed by atoms with Gasteiger partial charge in [0.25, 0.3) is 5.91 Å². The molecule has 0 radical (unpaired) electrons. The number of aryl methyl sites for hydroxylation is 2. The standard InChI is InChI=1S/C17H26N4O3/c1-12-15(13(2)24-18-12)16(23)21-10-9-20(4)17(11-21)6-5-14(22)19(3)8-7-17/h5-11H2,1-4H3/t17-/m0/s1. The van der Waals surface area contributed by atoms with E-state index in [0.717, 1.165) is 25.9 Å². The lowest BCUT2D eigenvalue weighted by Crippen LogP contribution is -2.62. The van der Waals surface area contributed by atoms with E-state index in [4.69, 9.17) is 4.52 Å². The van der Waals surface area contributed by atoms with Crippen molar-refractivity contribution in [2.24, 2.45) is 0 Å². The number of piperazine rings is 1. The molecule has 3 rings (SSSR count). The molecule has 0 unspecified atom stereocenters. The number of likely N-dealkylation sites (N-methyl/N-ethyl adjacent to an activating group) is 1. The largest absolute Gasteiger partial charge is 0.361 e. The number of nitrogens with zero attached hydrogens (tertiary/aromatic N) is 4. The monoisotopic (exact) mass is 334 g/mol. The van der Waals surface area contributed by atoms with Crippen LogP contribution in [-0.4, -0.2) is 77.5 Å². The smallest absolute Gasteiger partial charge is 0.259 e. The Morgan fingerprint density at radius 1 is 1.17 bits per heavy atom. The Morgan fingerprint density at radius 3 is 2.58 bits per heavy atom. The molecule has 2 amide bonds. The minimum Gasteiger partial charge on any atom is -0.361 e. The maximum atomic E-state index is 13.0. The van der Waals surface area contributed by atoms with Crippen molar-refractivity contribution in [2.75, 3.05) is 40.3 Å². The SMILES string of the molecule is Cc1noc(C)c1C(=O)N1CCN(C)[C@]2(CCC(=O)N(C)CC2)C1. The Balaban J connectivity index is 1.83. The molecular formula is C17H26N4O3. The maximum absolute atomic E-state index is 13.0. The van der Waals surface area contributed by atoms with Crippen LogP contribution in [0.3, 0.4) is 0 Å². The topological polar surface area (TPSA) is 69.9 Å². The molecular weight excluding hydrogens is 308 g/mol. The van der Waals surface area contributed by atoms with Gasteiger partial charge in [-0.15, -0.1) is 0 Å². The Morgan fingerprint density at radius 2 is 1.92 bits per heavy atom. The molecule has 1 spiro atoms. The lowest BCUT2D eigenvalue weighted by Gasteiger charge is -2.49. The quantitative estimate of drug-likeness (QED) is 0.768. The van der Waals surface area contributed by atoms with Crippen molar-refractivity contribution in [3.05, 3.63) is 17.0 Å². The number of rotatable bonds is 1. The number of aromatic nitrogens is 1. The van der Waals surface area contributed by atoms with Gasteiger partial charge in [-0.1, -0.05) is 5.16 Å². The van der Waals surface area contributed by atoms with Gasteiger partial charge >= 0.3 is 0 Å². The van der Waals surface area contributed by atoms with Crippen LogP contribution in [-0.2, 0) is 4.79 Å². The summed E-state index contributed by atoms with van der Waals surface area (Å²) in [6.07, 6.45) is 2.21. The molecule has 0 aliphatic carbocycles. The molecule has 24 heavy (non-hydrogen) atoms. The zero-order valence-corrected chi connectivity index (χ0v) is 15.0. The Bertz CT molecular complexity index is 637. The average Bonchev–Trinajstić information content (AvgIpc) is 2.82. The molecule has 2 saturated heterocycles. The van der Waals surface area contributed by atoms with E-state index in [1.165, 1.54) is 0 Å². The van der Waals surface area contributed by atoms with Gasteiger partial charge < -0.3 is 14.3 Å². The Hall–Kier alpha value is -1.89. The van der Waals surface area contributed by atoms with Crippen LogP contribution >= 0.6 is 0 Å². The number of hydrogen-bond acceptors (Lipinski definition) is 5. The summed E-state index contributed by atoms with van der Waals surface area (Å²) in [7, 11) is 3.96. The van der Waals surface area contributed by atoms with Crippen LogP contribution in [0.5, 0.6) is 0 Å². The average molecular weight is 334 g/mol.